The Labute approximate surface area is 176 Å². The van der Waals surface area contributed by atoms with Crippen molar-refractivity contribution in [3.8, 4) is 22.3 Å². The Bertz CT molecular complexity index is 1460. The number of benzene rings is 6. The third-order valence-corrected chi connectivity index (χ3v) is 5.94. The molecule has 0 nitrogen and oxygen atoms in total. The Morgan fingerprint density at radius 2 is 0.933 bits per heavy atom. The van der Waals surface area contributed by atoms with E-state index in [-0.39, 0.29) is 0 Å². The molecule has 0 amide bonds. The molecule has 0 aliphatic rings. The van der Waals surface area contributed by atoms with Crippen molar-refractivity contribution in [2.45, 2.75) is 0 Å². The van der Waals surface area contributed by atoms with Gasteiger partial charge in [0.25, 0.3) is 0 Å². The minimum atomic E-state index is 1.16. The van der Waals surface area contributed by atoms with E-state index in [9.17, 15) is 0 Å². The molecule has 1 radical (unpaired) electrons. The first-order valence-corrected chi connectivity index (χ1v) is 10.3. The van der Waals surface area contributed by atoms with Crippen LogP contribution < -0.4 is 0 Å². The van der Waals surface area contributed by atoms with Crippen LogP contribution in [0, 0.1) is 6.07 Å². The van der Waals surface area contributed by atoms with Crippen molar-refractivity contribution in [2.75, 3.05) is 0 Å². The molecule has 0 heterocycles. The molecule has 0 saturated carbocycles. The van der Waals surface area contributed by atoms with Gasteiger partial charge in [-0.05, 0) is 60.6 Å². The van der Waals surface area contributed by atoms with Crippen molar-refractivity contribution in [1.29, 1.82) is 0 Å². The third kappa shape index (κ3) is 2.69. The molecule has 0 aromatic heterocycles. The fourth-order valence-corrected chi connectivity index (χ4v) is 4.52. The zero-order chi connectivity index (χ0) is 19.9. The second-order valence-corrected chi connectivity index (χ2v) is 7.70. The van der Waals surface area contributed by atoms with Gasteiger partial charge in [0, 0.05) is 0 Å². The molecular formula is C30H19. The van der Waals surface area contributed by atoms with E-state index in [0.717, 1.165) is 10.8 Å². The summed E-state index contributed by atoms with van der Waals surface area (Å²) in [6, 6.07) is 44.8. The quantitative estimate of drug-likeness (QED) is 0.266. The Kier molecular flexibility index (Phi) is 3.89. The molecule has 0 aliphatic heterocycles. The average Bonchev–Trinajstić information content (AvgIpc) is 2.82. The number of fused-ring (bicyclic) bond motifs is 3. The first kappa shape index (κ1) is 17.0. The molecule has 0 fully saturated rings. The van der Waals surface area contributed by atoms with Crippen molar-refractivity contribution >= 4 is 32.3 Å². The molecule has 0 spiro atoms. The van der Waals surface area contributed by atoms with E-state index in [1.54, 1.807) is 0 Å². The van der Waals surface area contributed by atoms with E-state index in [1.807, 2.05) is 0 Å². The fourth-order valence-electron chi connectivity index (χ4n) is 4.52. The molecule has 0 bridgehead atoms. The van der Waals surface area contributed by atoms with Gasteiger partial charge in [-0.3, -0.25) is 0 Å². The van der Waals surface area contributed by atoms with Crippen LogP contribution in [0.3, 0.4) is 0 Å². The summed E-state index contributed by atoms with van der Waals surface area (Å²) < 4.78 is 0. The largest absolute Gasteiger partial charge is 0.0616 e. The Balaban J connectivity index is 1.57. The summed E-state index contributed by atoms with van der Waals surface area (Å²) in [6.45, 7) is 0. The van der Waals surface area contributed by atoms with Crippen LogP contribution in [0.5, 0.6) is 0 Å². The molecule has 139 valence electrons. The number of hydrogen-bond donors (Lipinski definition) is 0. The lowest BCUT2D eigenvalue weighted by Gasteiger charge is -2.13. The fraction of sp³-hybridized carbons (Fsp3) is 0. The van der Waals surface area contributed by atoms with Gasteiger partial charge < -0.3 is 0 Å². The van der Waals surface area contributed by atoms with E-state index in [2.05, 4.69) is 121 Å². The molecule has 0 N–H and O–H groups in total. The van der Waals surface area contributed by atoms with Crippen LogP contribution in [0.4, 0.5) is 0 Å². The molecule has 6 aromatic carbocycles. The predicted octanol–water partition coefficient (Wildman–Crippen LogP) is 8.28. The van der Waals surface area contributed by atoms with Crippen LogP contribution in [0.15, 0.2) is 115 Å². The van der Waals surface area contributed by atoms with Crippen molar-refractivity contribution in [2.24, 2.45) is 0 Å². The highest BCUT2D eigenvalue weighted by molar-refractivity contribution is 6.12. The van der Waals surface area contributed by atoms with Crippen LogP contribution in [-0.4, -0.2) is 0 Å². The predicted molar refractivity (Wildman–Crippen MR) is 129 cm³/mol. The molecule has 0 unspecified atom stereocenters. The van der Waals surface area contributed by atoms with Gasteiger partial charge in [0.1, 0.15) is 0 Å². The molecular weight excluding hydrogens is 360 g/mol. The first-order chi connectivity index (χ1) is 14.9. The zero-order valence-corrected chi connectivity index (χ0v) is 16.5. The standard InChI is InChI=1S/C30H19/c1-4-12-26-21(8-1)11-7-15-27(26)22-16-18-23(19-17-22)30-28-13-5-2-9-24(28)20-25-10-3-6-14-29(25)30/h1-19H. The lowest BCUT2D eigenvalue weighted by molar-refractivity contribution is 1.63. The molecule has 6 aromatic rings. The van der Waals surface area contributed by atoms with E-state index in [0.29, 0.717) is 0 Å². The molecule has 0 heteroatoms. The van der Waals surface area contributed by atoms with E-state index < -0.39 is 0 Å². The van der Waals surface area contributed by atoms with E-state index in [1.165, 1.54) is 43.8 Å². The van der Waals surface area contributed by atoms with E-state index >= 15 is 0 Å². The molecule has 0 atom stereocenters. The maximum Gasteiger partial charge on any atom is -0.00139 e. The number of hydrogen-bond acceptors (Lipinski definition) is 0. The molecule has 0 aliphatic carbocycles. The van der Waals surface area contributed by atoms with Crippen LogP contribution in [-0.2, 0) is 0 Å². The highest BCUT2D eigenvalue weighted by Gasteiger charge is 2.11. The normalized spacial score (nSPS) is 11.3. The third-order valence-electron chi connectivity index (χ3n) is 5.94. The topological polar surface area (TPSA) is 0 Å². The van der Waals surface area contributed by atoms with Crippen molar-refractivity contribution in [3.05, 3.63) is 121 Å². The van der Waals surface area contributed by atoms with Crippen LogP contribution in [0.2, 0.25) is 0 Å². The van der Waals surface area contributed by atoms with Gasteiger partial charge >= 0.3 is 0 Å². The van der Waals surface area contributed by atoms with Gasteiger partial charge in [0.05, 0.1) is 0 Å². The first-order valence-electron chi connectivity index (χ1n) is 10.3. The SMILES string of the molecule is [c]1c2ccccc2c(-c2ccc(-c3cccc4ccccc34)cc2)c2ccccc12. The van der Waals surface area contributed by atoms with E-state index in [4.69, 9.17) is 0 Å². The Hall–Kier alpha value is -3.90. The summed E-state index contributed by atoms with van der Waals surface area (Å²) in [5.74, 6) is 0. The van der Waals surface area contributed by atoms with Crippen molar-refractivity contribution in [1.82, 2.24) is 0 Å². The summed E-state index contributed by atoms with van der Waals surface area (Å²) in [6.07, 6.45) is 0. The van der Waals surface area contributed by atoms with Crippen LogP contribution in [0.1, 0.15) is 0 Å². The second kappa shape index (κ2) is 6.86. The average molecular weight is 379 g/mol. The van der Waals surface area contributed by atoms with Crippen LogP contribution >= 0.6 is 0 Å². The van der Waals surface area contributed by atoms with Gasteiger partial charge in [-0.1, -0.05) is 115 Å². The van der Waals surface area contributed by atoms with Gasteiger partial charge in [0.15, 0.2) is 0 Å². The van der Waals surface area contributed by atoms with Gasteiger partial charge in [-0.15, -0.1) is 0 Å². The summed E-state index contributed by atoms with van der Waals surface area (Å²) in [7, 11) is 0. The molecule has 6 rings (SSSR count). The highest BCUT2D eigenvalue weighted by atomic mass is 14.1. The van der Waals surface area contributed by atoms with Gasteiger partial charge in [-0.2, -0.15) is 0 Å². The minimum Gasteiger partial charge on any atom is -0.0616 e. The van der Waals surface area contributed by atoms with Gasteiger partial charge in [-0.25, -0.2) is 0 Å². The Morgan fingerprint density at radius 1 is 0.400 bits per heavy atom. The van der Waals surface area contributed by atoms with Crippen molar-refractivity contribution in [3.63, 3.8) is 0 Å². The van der Waals surface area contributed by atoms with Gasteiger partial charge in [0.2, 0.25) is 0 Å². The monoisotopic (exact) mass is 379 g/mol. The highest BCUT2D eigenvalue weighted by Crippen LogP contribution is 2.37. The Morgan fingerprint density at radius 3 is 1.63 bits per heavy atom. The maximum absolute atomic E-state index is 3.58. The lowest BCUT2D eigenvalue weighted by atomic mass is 9.90. The van der Waals surface area contributed by atoms with Crippen molar-refractivity contribution < 1.29 is 0 Å². The smallest absolute Gasteiger partial charge is 0.00139 e. The molecule has 0 saturated heterocycles. The number of rotatable bonds is 2. The summed E-state index contributed by atoms with van der Waals surface area (Å²) >= 11 is 0. The molecule has 30 heavy (non-hydrogen) atoms. The second-order valence-electron chi connectivity index (χ2n) is 7.70. The summed E-state index contributed by atoms with van der Waals surface area (Å²) in [4.78, 5) is 0. The minimum absolute atomic E-state index is 1.16. The maximum atomic E-state index is 3.58. The lowest BCUT2D eigenvalue weighted by Crippen LogP contribution is -1.87. The zero-order valence-electron chi connectivity index (χ0n) is 16.5. The summed E-state index contributed by atoms with van der Waals surface area (Å²) in [5, 5.41) is 7.37. The summed E-state index contributed by atoms with van der Waals surface area (Å²) in [5.41, 5.74) is 5.03. The van der Waals surface area contributed by atoms with Crippen LogP contribution in [0.25, 0.3) is 54.6 Å².